The van der Waals surface area contributed by atoms with Gasteiger partial charge in [0.1, 0.15) is 0 Å². The van der Waals surface area contributed by atoms with Crippen LogP contribution in [0.5, 0.6) is 0 Å². The zero-order valence-corrected chi connectivity index (χ0v) is 17.8. The Labute approximate surface area is 168 Å². The molecule has 0 saturated carbocycles. The second kappa shape index (κ2) is 18.5. The Kier molecular flexibility index (Phi) is 16.6. The summed E-state index contributed by atoms with van der Waals surface area (Å²) in [5.41, 5.74) is 1.17. The molecule has 1 aromatic rings. The quantitative estimate of drug-likeness (QED) is 0.254. The van der Waals surface area contributed by atoms with Gasteiger partial charge in [0.15, 0.2) is 0 Å². The van der Waals surface area contributed by atoms with Gasteiger partial charge in [-0.25, -0.2) is 0 Å². The van der Waals surface area contributed by atoms with Crippen LogP contribution in [0.4, 0.5) is 0 Å². The molecular weight excluding hydrogens is 332 g/mol. The number of aliphatic hydroxyl groups is 1. The number of unbranched alkanes of at least 4 members (excludes halogenated alkanes) is 13. The lowest BCUT2D eigenvalue weighted by atomic mass is 10.0. The van der Waals surface area contributed by atoms with Crippen molar-refractivity contribution in [3.63, 3.8) is 0 Å². The molecule has 2 nitrogen and oxygen atoms in total. The minimum atomic E-state index is -0.314. The predicted octanol–water partition coefficient (Wildman–Crippen LogP) is 7.44. The van der Waals surface area contributed by atoms with Gasteiger partial charge in [-0.3, -0.25) is 0 Å². The smallest absolute Gasteiger partial charge is 0.0773 e. The summed E-state index contributed by atoms with van der Waals surface area (Å²) in [5.74, 6) is 0. The maximum atomic E-state index is 9.99. The molecule has 0 fully saturated rings. The maximum absolute atomic E-state index is 9.99. The van der Waals surface area contributed by atoms with E-state index in [1.165, 1.54) is 89.0 Å². The van der Waals surface area contributed by atoms with Crippen molar-refractivity contribution in [1.29, 1.82) is 0 Å². The second-order valence-electron chi connectivity index (χ2n) is 8.04. The largest absolute Gasteiger partial charge is 0.391 e. The Morgan fingerprint density at radius 3 is 1.70 bits per heavy atom. The van der Waals surface area contributed by atoms with E-state index in [2.05, 4.69) is 19.1 Å². The zero-order valence-electron chi connectivity index (χ0n) is 17.8. The van der Waals surface area contributed by atoms with E-state index in [1.54, 1.807) is 0 Å². The molecule has 1 unspecified atom stereocenters. The average Bonchev–Trinajstić information content (AvgIpc) is 2.69. The van der Waals surface area contributed by atoms with E-state index >= 15 is 0 Å². The van der Waals surface area contributed by atoms with E-state index in [9.17, 15) is 5.11 Å². The molecule has 156 valence electrons. The van der Waals surface area contributed by atoms with Crippen molar-refractivity contribution >= 4 is 0 Å². The van der Waals surface area contributed by atoms with Gasteiger partial charge in [-0.15, -0.1) is 0 Å². The van der Waals surface area contributed by atoms with Gasteiger partial charge in [-0.2, -0.15) is 0 Å². The van der Waals surface area contributed by atoms with Crippen LogP contribution in [0.1, 0.15) is 109 Å². The molecule has 0 amide bonds. The zero-order chi connectivity index (χ0) is 19.4. The molecule has 0 radical (unpaired) electrons. The first-order valence-corrected chi connectivity index (χ1v) is 11.6. The summed E-state index contributed by atoms with van der Waals surface area (Å²) in [5, 5.41) is 9.99. The number of hydrogen-bond donors (Lipinski definition) is 1. The normalized spacial score (nSPS) is 12.4. The molecule has 0 aliphatic heterocycles. The summed E-state index contributed by atoms with van der Waals surface area (Å²) in [6, 6.07) is 10.2. The molecule has 2 heteroatoms. The third-order valence-corrected chi connectivity index (χ3v) is 5.31. The standard InChI is InChI=1S/C25H44O2/c1-2-3-4-5-6-7-8-9-10-11-12-13-14-18-21-25(26)23-27-22-24-19-16-15-17-20-24/h15-17,19-20,25-26H,2-14,18,21-23H2,1H3. The Balaban J connectivity index is 1.77. The van der Waals surface area contributed by atoms with Crippen LogP contribution in [-0.4, -0.2) is 17.8 Å². The molecule has 1 rings (SSSR count). The molecular formula is C25H44O2. The fourth-order valence-corrected chi connectivity index (χ4v) is 3.54. The molecule has 27 heavy (non-hydrogen) atoms. The number of hydrogen-bond acceptors (Lipinski definition) is 2. The maximum Gasteiger partial charge on any atom is 0.0773 e. The van der Waals surface area contributed by atoms with Gasteiger partial charge in [-0.05, 0) is 12.0 Å². The van der Waals surface area contributed by atoms with E-state index < -0.39 is 0 Å². The van der Waals surface area contributed by atoms with Crippen molar-refractivity contribution in [3.8, 4) is 0 Å². The average molecular weight is 377 g/mol. The van der Waals surface area contributed by atoms with Crippen LogP contribution < -0.4 is 0 Å². The molecule has 1 N–H and O–H groups in total. The van der Waals surface area contributed by atoms with E-state index in [0.717, 1.165) is 12.8 Å². The summed E-state index contributed by atoms with van der Waals surface area (Å²) in [6.07, 6.45) is 19.8. The van der Waals surface area contributed by atoms with E-state index in [-0.39, 0.29) is 6.10 Å². The summed E-state index contributed by atoms with van der Waals surface area (Å²) >= 11 is 0. The number of benzene rings is 1. The van der Waals surface area contributed by atoms with Crippen LogP contribution in [0.3, 0.4) is 0 Å². The molecule has 0 heterocycles. The van der Waals surface area contributed by atoms with Crippen LogP contribution in [0.15, 0.2) is 30.3 Å². The van der Waals surface area contributed by atoms with Crippen LogP contribution in [0.2, 0.25) is 0 Å². The lowest BCUT2D eigenvalue weighted by Crippen LogP contribution is -2.15. The molecule has 0 aromatic heterocycles. The van der Waals surface area contributed by atoms with Crippen molar-refractivity contribution in [2.45, 2.75) is 116 Å². The molecule has 0 spiro atoms. The molecule has 0 saturated heterocycles. The highest BCUT2D eigenvalue weighted by Crippen LogP contribution is 2.14. The van der Waals surface area contributed by atoms with Crippen molar-refractivity contribution < 1.29 is 9.84 Å². The summed E-state index contributed by atoms with van der Waals surface area (Å²) < 4.78 is 5.60. The van der Waals surface area contributed by atoms with Crippen LogP contribution in [0.25, 0.3) is 0 Å². The molecule has 1 aromatic carbocycles. The minimum Gasteiger partial charge on any atom is -0.391 e. The fraction of sp³-hybridized carbons (Fsp3) is 0.760. The van der Waals surface area contributed by atoms with Crippen molar-refractivity contribution in [2.24, 2.45) is 0 Å². The van der Waals surface area contributed by atoms with Gasteiger partial charge in [0.05, 0.1) is 19.3 Å². The van der Waals surface area contributed by atoms with E-state index in [4.69, 9.17) is 4.74 Å². The summed E-state index contributed by atoms with van der Waals surface area (Å²) in [6.45, 7) is 3.33. The SMILES string of the molecule is CCCCCCCCCCCCCCCCC(O)COCc1ccccc1. The molecule has 1 atom stereocenters. The highest BCUT2D eigenvalue weighted by atomic mass is 16.5. The Morgan fingerprint density at radius 1 is 0.704 bits per heavy atom. The van der Waals surface area contributed by atoms with Gasteiger partial charge in [-0.1, -0.05) is 127 Å². The van der Waals surface area contributed by atoms with Crippen molar-refractivity contribution in [3.05, 3.63) is 35.9 Å². The molecule has 0 bridgehead atoms. The van der Waals surface area contributed by atoms with Crippen molar-refractivity contribution in [2.75, 3.05) is 6.61 Å². The number of aliphatic hydroxyl groups excluding tert-OH is 1. The Bertz CT molecular complexity index is 404. The third kappa shape index (κ3) is 15.9. The number of ether oxygens (including phenoxy) is 1. The van der Waals surface area contributed by atoms with Crippen LogP contribution >= 0.6 is 0 Å². The van der Waals surface area contributed by atoms with Gasteiger partial charge in [0, 0.05) is 0 Å². The topological polar surface area (TPSA) is 29.5 Å². The van der Waals surface area contributed by atoms with Gasteiger partial charge >= 0.3 is 0 Å². The van der Waals surface area contributed by atoms with E-state index in [0.29, 0.717) is 13.2 Å². The first-order valence-electron chi connectivity index (χ1n) is 11.6. The summed E-state index contributed by atoms with van der Waals surface area (Å²) in [4.78, 5) is 0. The van der Waals surface area contributed by atoms with Gasteiger partial charge in [0.2, 0.25) is 0 Å². The molecule has 0 aliphatic carbocycles. The van der Waals surface area contributed by atoms with E-state index in [1.807, 2.05) is 18.2 Å². The first kappa shape index (κ1) is 24.2. The Hall–Kier alpha value is -0.860. The summed E-state index contributed by atoms with van der Waals surface area (Å²) in [7, 11) is 0. The van der Waals surface area contributed by atoms with Gasteiger partial charge < -0.3 is 9.84 Å². The van der Waals surface area contributed by atoms with Crippen LogP contribution in [0, 0.1) is 0 Å². The second-order valence-corrected chi connectivity index (χ2v) is 8.04. The lowest BCUT2D eigenvalue weighted by Gasteiger charge is -2.11. The molecule has 0 aliphatic rings. The lowest BCUT2D eigenvalue weighted by molar-refractivity contribution is 0.0233. The monoisotopic (exact) mass is 376 g/mol. The van der Waals surface area contributed by atoms with Crippen LogP contribution in [-0.2, 0) is 11.3 Å². The third-order valence-electron chi connectivity index (χ3n) is 5.31. The van der Waals surface area contributed by atoms with Gasteiger partial charge in [0.25, 0.3) is 0 Å². The first-order chi connectivity index (χ1) is 13.3. The van der Waals surface area contributed by atoms with Crippen molar-refractivity contribution in [1.82, 2.24) is 0 Å². The Morgan fingerprint density at radius 2 is 1.19 bits per heavy atom. The number of rotatable bonds is 19. The predicted molar refractivity (Wildman–Crippen MR) is 117 cm³/mol. The minimum absolute atomic E-state index is 0.314. The highest BCUT2D eigenvalue weighted by molar-refractivity contribution is 5.13. The fourth-order valence-electron chi connectivity index (χ4n) is 3.54. The highest BCUT2D eigenvalue weighted by Gasteiger charge is 2.04.